The average Bonchev–Trinajstić information content (AvgIpc) is 2.57. The maximum atomic E-state index is 6.36. The zero-order chi connectivity index (χ0) is 13.8. The summed E-state index contributed by atoms with van der Waals surface area (Å²) in [6.45, 7) is 6.46. The molecule has 2 unspecified atom stereocenters. The molecule has 0 radical (unpaired) electrons. The Balaban J connectivity index is 2.23. The molecule has 4 heteroatoms. The lowest BCUT2D eigenvalue weighted by molar-refractivity contribution is 0.182. The third-order valence-corrected chi connectivity index (χ3v) is 4.21. The fraction of sp³-hybridized carbons (Fsp3) is 0.600. The maximum absolute atomic E-state index is 6.36. The van der Waals surface area contributed by atoms with Gasteiger partial charge in [-0.05, 0) is 38.6 Å². The quantitative estimate of drug-likeness (QED) is 0.923. The summed E-state index contributed by atoms with van der Waals surface area (Å²) in [5, 5.41) is 0.822. The number of nitrogens with two attached hydrogens (primary N) is 1. The van der Waals surface area contributed by atoms with Crippen molar-refractivity contribution in [3.05, 3.63) is 34.9 Å². The Labute approximate surface area is 121 Å². The van der Waals surface area contributed by atoms with Crippen LogP contribution in [0.4, 0.5) is 0 Å². The lowest BCUT2D eigenvalue weighted by atomic mass is 9.99. The monoisotopic (exact) mass is 281 g/mol. The van der Waals surface area contributed by atoms with Crippen molar-refractivity contribution in [3.63, 3.8) is 0 Å². The molecule has 0 bridgehead atoms. The molecule has 0 amide bonds. The van der Waals surface area contributed by atoms with Crippen molar-refractivity contribution in [2.24, 2.45) is 5.73 Å². The molecule has 3 nitrogen and oxygen atoms in total. The summed E-state index contributed by atoms with van der Waals surface area (Å²) in [6.07, 6.45) is 1.18. The van der Waals surface area contributed by atoms with Crippen molar-refractivity contribution in [3.8, 4) is 0 Å². The summed E-state index contributed by atoms with van der Waals surface area (Å²) >= 11 is 6.36. The zero-order valence-electron chi connectivity index (χ0n) is 11.8. The molecule has 1 saturated heterocycles. The number of rotatable bonds is 3. The number of likely N-dealkylation sites (N-methyl/N-ethyl adjacent to an activating group) is 1. The van der Waals surface area contributed by atoms with Gasteiger partial charge in [0.2, 0.25) is 0 Å². The minimum Gasteiger partial charge on any atom is -0.326 e. The van der Waals surface area contributed by atoms with E-state index >= 15 is 0 Å². The fourth-order valence-electron chi connectivity index (χ4n) is 2.87. The molecule has 1 fully saturated rings. The Morgan fingerprint density at radius 2 is 1.89 bits per heavy atom. The highest BCUT2D eigenvalue weighted by Gasteiger charge is 2.26. The van der Waals surface area contributed by atoms with Crippen molar-refractivity contribution >= 4 is 11.6 Å². The summed E-state index contributed by atoms with van der Waals surface area (Å²) in [5.41, 5.74) is 7.40. The largest absolute Gasteiger partial charge is 0.326 e. The molecule has 1 aliphatic heterocycles. The van der Waals surface area contributed by atoms with Gasteiger partial charge in [0.05, 0.1) is 6.04 Å². The van der Waals surface area contributed by atoms with Crippen LogP contribution in [0.15, 0.2) is 24.3 Å². The minimum atomic E-state index is 0.0725. The van der Waals surface area contributed by atoms with Gasteiger partial charge in [-0.3, -0.25) is 4.90 Å². The minimum absolute atomic E-state index is 0.0725. The van der Waals surface area contributed by atoms with Gasteiger partial charge in [0.15, 0.2) is 0 Å². The molecule has 2 atom stereocenters. The van der Waals surface area contributed by atoms with Crippen LogP contribution < -0.4 is 5.73 Å². The van der Waals surface area contributed by atoms with Gasteiger partial charge in [-0.1, -0.05) is 29.8 Å². The lowest BCUT2D eigenvalue weighted by Gasteiger charge is -2.34. The fourth-order valence-corrected chi connectivity index (χ4v) is 3.12. The van der Waals surface area contributed by atoms with E-state index in [-0.39, 0.29) is 12.1 Å². The van der Waals surface area contributed by atoms with Crippen LogP contribution in [0.25, 0.3) is 0 Å². The van der Waals surface area contributed by atoms with Crippen molar-refractivity contribution in [2.75, 3.05) is 33.2 Å². The van der Waals surface area contributed by atoms with Crippen LogP contribution >= 0.6 is 11.6 Å². The first-order valence-electron chi connectivity index (χ1n) is 7.02. The molecule has 19 heavy (non-hydrogen) atoms. The predicted octanol–water partition coefficient (Wildman–Crippen LogP) is 2.37. The molecule has 2 rings (SSSR count). The maximum Gasteiger partial charge on any atom is 0.0511 e. The highest BCUT2D eigenvalue weighted by atomic mass is 35.5. The van der Waals surface area contributed by atoms with Crippen molar-refractivity contribution in [1.29, 1.82) is 0 Å². The number of hydrogen-bond donors (Lipinski definition) is 1. The van der Waals surface area contributed by atoms with Gasteiger partial charge in [0, 0.05) is 30.7 Å². The molecule has 0 aromatic heterocycles. The SMILES string of the molecule is CC(N)C(c1ccccc1Cl)N1CCCN(C)CC1. The smallest absolute Gasteiger partial charge is 0.0511 e. The number of benzene rings is 1. The van der Waals surface area contributed by atoms with E-state index in [1.54, 1.807) is 0 Å². The van der Waals surface area contributed by atoms with Gasteiger partial charge in [-0.2, -0.15) is 0 Å². The van der Waals surface area contributed by atoms with E-state index in [0.29, 0.717) is 0 Å². The molecular weight excluding hydrogens is 258 g/mol. The second-order valence-electron chi connectivity index (χ2n) is 5.52. The Hall–Kier alpha value is -0.610. The van der Waals surface area contributed by atoms with Crippen LogP contribution in [-0.4, -0.2) is 49.1 Å². The normalized spacial score (nSPS) is 21.9. The van der Waals surface area contributed by atoms with Gasteiger partial charge < -0.3 is 10.6 Å². The van der Waals surface area contributed by atoms with Crippen LogP contribution in [0.2, 0.25) is 5.02 Å². The Bertz CT molecular complexity index is 408. The highest BCUT2D eigenvalue weighted by molar-refractivity contribution is 6.31. The zero-order valence-corrected chi connectivity index (χ0v) is 12.6. The van der Waals surface area contributed by atoms with Crippen LogP contribution in [0.1, 0.15) is 24.9 Å². The topological polar surface area (TPSA) is 32.5 Å². The van der Waals surface area contributed by atoms with E-state index in [2.05, 4.69) is 29.8 Å². The summed E-state index contributed by atoms with van der Waals surface area (Å²) in [4.78, 5) is 4.86. The molecule has 1 aliphatic rings. The number of nitrogens with zero attached hydrogens (tertiary/aromatic N) is 2. The summed E-state index contributed by atoms with van der Waals surface area (Å²) in [7, 11) is 2.18. The second kappa shape index (κ2) is 6.71. The number of halogens is 1. The van der Waals surface area contributed by atoms with E-state index in [1.807, 2.05) is 18.2 Å². The average molecular weight is 282 g/mol. The molecule has 0 aliphatic carbocycles. The van der Waals surface area contributed by atoms with Gasteiger partial charge in [0.1, 0.15) is 0 Å². The van der Waals surface area contributed by atoms with Crippen molar-refractivity contribution < 1.29 is 0 Å². The highest BCUT2D eigenvalue weighted by Crippen LogP contribution is 2.30. The molecule has 0 saturated carbocycles. The molecule has 1 aromatic rings. The first kappa shape index (κ1) is 14.8. The standard InChI is InChI=1S/C15H24ClN3/c1-12(17)15(13-6-3-4-7-14(13)16)19-9-5-8-18(2)10-11-19/h3-4,6-7,12,15H,5,8-11,17H2,1-2H3. The summed E-state index contributed by atoms with van der Waals surface area (Å²) < 4.78 is 0. The van der Waals surface area contributed by atoms with E-state index in [9.17, 15) is 0 Å². The Morgan fingerprint density at radius 1 is 1.16 bits per heavy atom. The van der Waals surface area contributed by atoms with Crippen LogP contribution in [-0.2, 0) is 0 Å². The lowest BCUT2D eigenvalue weighted by Crippen LogP contribution is -2.41. The molecule has 0 spiro atoms. The van der Waals surface area contributed by atoms with Gasteiger partial charge in [-0.25, -0.2) is 0 Å². The van der Waals surface area contributed by atoms with Crippen LogP contribution in [0.3, 0.4) is 0 Å². The van der Waals surface area contributed by atoms with Crippen LogP contribution in [0, 0.1) is 0 Å². The molecule has 1 heterocycles. The van der Waals surface area contributed by atoms with Crippen molar-refractivity contribution in [1.82, 2.24) is 9.80 Å². The second-order valence-corrected chi connectivity index (χ2v) is 5.93. The third-order valence-electron chi connectivity index (χ3n) is 3.87. The van der Waals surface area contributed by atoms with Gasteiger partial charge in [-0.15, -0.1) is 0 Å². The first-order chi connectivity index (χ1) is 9.09. The Morgan fingerprint density at radius 3 is 2.58 bits per heavy atom. The van der Waals surface area contributed by atoms with Gasteiger partial charge >= 0.3 is 0 Å². The predicted molar refractivity (Wildman–Crippen MR) is 81.5 cm³/mol. The molecule has 106 valence electrons. The van der Waals surface area contributed by atoms with E-state index in [1.165, 1.54) is 6.42 Å². The van der Waals surface area contributed by atoms with E-state index < -0.39 is 0 Å². The molecule has 1 aromatic carbocycles. The first-order valence-corrected chi connectivity index (χ1v) is 7.40. The van der Waals surface area contributed by atoms with Crippen LogP contribution in [0.5, 0.6) is 0 Å². The third kappa shape index (κ3) is 3.69. The van der Waals surface area contributed by atoms with Crippen molar-refractivity contribution in [2.45, 2.75) is 25.4 Å². The van der Waals surface area contributed by atoms with E-state index in [0.717, 1.165) is 36.8 Å². The Kier molecular flexibility index (Phi) is 5.22. The molecular formula is C15H24ClN3. The van der Waals surface area contributed by atoms with E-state index in [4.69, 9.17) is 17.3 Å². The van der Waals surface area contributed by atoms with Gasteiger partial charge in [0.25, 0.3) is 0 Å². The summed E-state index contributed by atoms with van der Waals surface area (Å²) in [6, 6.07) is 8.35. The number of hydrogen-bond acceptors (Lipinski definition) is 3. The molecule has 2 N–H and O–H groups in total. The summed E-state index contributed by atoms with van der Waals surface area (Å²) in [5.74, 6) is 0.